The minimum absolute atomic E-state index is 0.427. The van der Waals surface area contributed by atoms with Crippen molar-refractivity contribution >= 4 is 34.5 Å². The van der Waals surface area contributed by atoms with Crippen molar-refractivity contribution in [3.05, 3.63) is 75.1 Å². The monoisotopic (exact) mass is 359 g/mol. The predicted octanol–water partition coefficient (Wildman–Crippen LogP) is 6.17. The smallest absolute Gasteiger partial charge is 0.192 e. The van der Waals surface area contributed by atoms with Crippen LogP contribution in [0.3, 0.4) is 0 Å². The number of nitrogens with zero attached hydrogens (tertiary/aromatic N) is 1. The van der Waals surface area contributed by atoms with E-state index in [2.05, 4.69) is 6.07 Å². The maximum absolute atomic E-state index is 9.49. The lowest BCUT2D eigenvalue weighted by Crippen LogP contribution is -1.94. The van der Waals surface area contributed by atoms with Gasteiger partial charge in [0.25, 0.3) is 0 Å². The van der Waals surface area contributed by atoms with Gasteiger partial charge in [-0.05, 0) is 23.3 Å². The van der Waals surface area contributed by atoms with Crippen LogP contribution >= 0.6 is 34.5 Å². The standard InChI is InChI=1S/C18H11Cl2NOS/c19-16-7-6-13(8-17(16)20)15-11-23-18(14(15)9-21)22-10-12-4-2-1-3-5-12/h1-8,11H,10H2. The van der Waals surface area contributed by atoms with Crippen LogP contribution in [0.4, 0.5) is 0 Å². The molecule has 0 fully saturated rings. The van der Waals surface area contributed by atoms with Gasteiger partial charge >= 0.3 is 0 Å². The molecular weight excluding hydrogens is 349 g/mol. The van der Waals surface area contributed by atoms with Crippen LogP contribution in [-0.2, 0) is 6.61 Å². The third kappa shape index (κ3) is 3.51. The van der Waals surface area contributed by atoms with Crippen LogP contribution in [0.15, 0.2) is 53.9 Å². The molecule has 0 unspecified atom stereocenters. The summed E-state index contributed by atoms with van der Waals surface area (Å²) in [5.41, 5.74) is 3.23. The van der Waals surface area contributed by atoms with E-state index in [4.69, 9.17) is 27.9 Å². The minimum Gasteiger partial charge on any atom is -0.478 e. The number of hydrogen-bond donors (Lipinski definition) is 0. The zero-order valence-electron chi connectivity index (χ0n) is 11.9. The lowest BCUT2D eigenvalue weighted by atomic mass is 10.1. The molecular formula is C18H11Cl2NOS. The van der Waals surface area contributed by atoms with E-state index in [0.29, 0.717) is 27.3 Å². The molecule has 0 saturated heterocycles. The number of ether oxygens (including phenoxy) is 1. The third-order valence-electron chi connectivity index (χ3n) is 3.31. The van der Waals surface area contributed by atoms with Crippen LogP contribution in [0.1, 0.15) is 11.1 Å². The molecule has 0 bridgehead atoms. The number of hydrogen-bond acceptors (Lipinski definition) is 3. The number of benzene rings is 2. The molecule has 3 rings (SSSR count). The van der Waals surface area contributed by atoms with E-state index >= 15 is 0 Å². The average Bonchev–Trinajstić information content (AvgIpc) is 2.99. The summed E-state index contributed by atoms with van der Waals surface area (Å²) in [5, 5.41) is 13.0. The van der Waals surface area contributed by atoms with E-state index in [-0.39, 0.29) is 0 Å². The molecule has 1 heterocycles. The summed E-state index contributed by atoms with van der Waals surface area (Å²) in [6.07, 6.45) is 0. The number of thiophene rings is 1. The molecule has 0 aliphatic carbocycles. The maximum Gasteiger partial charge on any atom is 0.192 e. The highest BCUT2D eigenvalue weighted by atomic mass is 35.5. The summed E-state index contributed by atoms with van der Waals surface area (Å²) in [6.45, 7) is 0.427. The van der Waals surface area contributed by atoms with Crippen molar-refractivity contribution in [3.63, 3.8) is 0 Å². The topological polar surface area (TPSA) is 33.0 Å². The first-order valence-electron chi connectivity index (χ1n) is 6.83. The molecule has 2 nitrogen and oxygen atoms in total. The Kier molecular flexibility index (Phi) is 4.88. The van der Waals surface area contributed by atoms with Crippen LogP contribution in [0.5, 0.6) is 5.06 Å². The summed E-state index contributed by atoms with van der Waals surface area (Å²) in [4.78, 5) is 0. The molecule has 0 amide bonds. The maximum atomic E-state index is 9.49. The van der Waals surface area contributed by atoms with Crippen LogP contribution in [-0.4, -0.2) is 0 Å². The molecule has 0 aliphatic rings. The van der Waals surface area contributed by atoms with Gasteiger partial charge in [-0.1, -0.05) is 59.6 Å². The van der Waals surface area contributed by atoms with Gasteiger partial charge in [0.15, 0.2) is 5.06 Å². The van der Waals surface area contributed by atoms with Gasteiger partial charge in [-0.2, -0.15) is 5.26 Å². The van der Waals surface area contributed by atoms with Gasteiger partial charge in [0.05, 0.1) is 10.0 Å². The molecule has 114 valence electrons. The second kappa shape index (κ2) is 7.06. The molecule has 0 saturated carbocycles. The Morgan fingerprint density at radius 2 is 1.83 bits per heavy atom. The van der Waals surface area contributed by atoms with Gasteiger partial charge in [-0.3, -0.25) is 0 Å². The van der Waals surface area contributed by atoms with E-state index < -0.39 is 0 Å². The van der Waals surface area contributed by atoms with Crippen molar-refractivity contribution in [2.75, 3.05) is 0 Å². The molecule has 0 aliphatic heterocycles. The lowest BCUT2D eigenvalue weighted by Gasteiger charge is -2.05. The van der Waals surface area contributed by atoms with Gasteiger partial charge < -0.3 is 4.74 Å². The zero-order valence-corrected chi connectivity index (χ0v) is 14.3. The van der Waals surface area contributed by atoms with Crippen molar-refractivity contribution in [2.24, 2.45) is 0 Å². The van der Waals surface area contributed by atoms with E-state index in [1.165, 1.54) is 11.3 Å². The van der Waals surface area contributed by atoms with Crippen molar-refractivity contribution < 1.29 is 4.74 Å². The Hall–Kier alpha value is -1.99. The quantitative estimate of drug-likeness (QED) is 0.557. The second-order valence-corrected chi connectivity index (χ2v) is 6.48. The van der Waals surface area contributed by atoms with Crippen LogP contribution in [0, 0.1) is 11.3 Å². The summed E-state index contributed by atoms with van der Waals surface area (Å²) in [6, 6.07) is 17.4. The van der Waals surface area contributed by atoms with Crippen LogP contribution in [0.2, 0.25) is 10.0 Å². The van der Waals surface area contributed by atoms with Crippen LogP contribution in [0.25, 0.3) is 11.1 Å². The average molecular weight is 360 g/mol. The molecule has 23 heavy (non-hydrogen) atoms. The predicted molar refractivity (Wildman–Crippen MR) is 95.3 cm³/mol. The molecule has 0 atom stereocenters. The van der Waals surface area contributed by atoms with Gasteiger partial charge in [0, 0.05) is 10.9 Å². The summed E-state index contributed by atoms with van der Waals surface area (Å²) >= 11 is 13.4. The molecule has 1 aromatic heterocycles. The Morgan fingerprint density at radius 3 is 2.52 bits per heavy atom. The largest absolute Gasteiger partial charge is 0.478 e. The van der Waals surface area contributed by atoms with Gasteiger partial charge in [0.2, 0.25) is 0 Å². The Morgan fingerprint density at radius 1 is 1.04 bits per heavy atom. The molecule has 0 radical (unpaired) electrons. The van der Waals surface area contributed by atoms with E-state index in [1.54, 1.807) is 12.1 Å². The van der Waals surface area contributed by atoms with Crippen molar-refractivity contribution in [1.29, 1.82) is 5.26 Å². The van der Waals surface area contributed by atoms with Gasteiger partial charge in [-0.15, -0.1) is 11.3 Å². The number of nitriles is 1. The first kappa shape index (κ1) is 15.9. The summed E-state index contributed by atoms with van der Waals surface area (Å²) in [5.74, 6) is 0. The Balaban J connectivity index is 1.88. The summed E-state index contributed by atoms with van der Waals surface area (Å²) < 4.78 is 5.81. The van der Waals surface area contributed by atoms with E-state index in [0.717, 1.165) is 16.7 Å². The number of rotatable bonds is 4. The van der Waals surface area contributed by atoms with Crippen LogP contribution < -0.4 is 4.74 Å². The fourth-order valence-electron chi connectivity index (χ4n) is 2.15. The molecule has 2 aromatic carbocycles. The molecule has 0 spiro atoms. The Labute approximate surface area is 148 Å². The third-order valence-corrected chi connectivity index (χ3v) is 4.94. The zero-order chi connectivity index (χ0) is 16.2. The lowest BCUT2D eigenvalue weighted by molar-refractivity contribution is 0.315. The van der Waals surface area contributed by atoms with Gasteiger partial charge in [0.1, 0.15) is 18.2 Å². The van der Waals surface area contributed by atoms with Crippen molar-refractivity contribution in [1.82, 2.24) is 0 Å². The van der Waals surface area contributed by atoms with Crippen molar-refractivity contribution in [3.8, 4) is 22.3 Å². The van der Waals surface area contributed by atoms with E-state index in [9.17, 15) is 5.26 Å². The minimum atomic E-state index is 0.427. The fourth-order valence-corrected chi connectivity index (χ4v) is 3.33. The van der Waals surface area contributed by atoms with Crippen molar-refractivity contribution in [2.45, 2.75) is 6.61 Å². The highest BCUT2D eigenvalue weighted by Crippen LogP contribution is 2.38. The summed E-state index contributed by atoms with van der Waals surface area (Å²) in [7, 11) is 0. The normalized spacial score (nSPS) is 10.3. The molecule has 3 aromatic rings. The SMILES string of the molecule is N#Cc1c(-c2ccc(Cl)c(Cl)c2)csc1OCc1ccccc1. The highest BCUT2D eigenvalue weighted by molar-refractivity contribution is 7.12. The van der Waals surface area contributed by atoms with Gasteiger partial charge in [-0.25, -0.2) is 0 Å². The van der Waals surface area contributed by atoms with E-state index in [1.807, 2.05) is 41.8 Å². The highest BCUT2D eigenvalue weighted by Gasteiger charge is 2.15. The number of halogens is 2. The fraction of sp³-hybridized carbons (Fsp3) is 0.0556. The second-order valence-electron chi connectivity index (χ2n) is 4.83. The first-order chi connectivity index (χ1) is 11.2. The molecule has 5 heteroatoms. The molecule has 0 N–H and O–H groups in total. The first-order valence-corrected chi connectivity index (χ1v) is 8.46. The Bertz CT molecular complexity index is 868.